The summed E-state index contributed by atoms with van der Waals surface area (Å²) in [5, 5.41) is 0. The van der Waals surface area contributed by atoms with Crippen molar-refractivity contribution >= 4 is 14.0 Å². The van der Waals surface area contributed by atoms with Crippen LogP contribution in [0.1, 0.15) is 64.7 Å². The van der Waals surface area contributed by atoms with E-state index in [-0.39, 0.29) is 11.9 Å². The Morgan fingerprint density at radius 3 is 2.37 bits per heavy atom. The van der Waals surface area contributed by atoms with E-state index >= 15 is 0 Å². The highest BCUT2D eigenvalue weighted by Crippen LogP contribution is 2.46. The van der Waals surface area contributed by atoms with Crippen LogP contribution in [0.2, 0.25) is 19.6 Å². The second kappa shape index (κ2) is 11.1. The fourth-order valence-electron chi connectivity index (χ4n) is 4.09. The Morgan fingerprint density at radius 1 is 1.10 bits per heavy atom. The molecule has 1 heterocycles. The molecule has 4 nitrogen and oxygen atoms in total. The molecule has 2 unspecified atom stereocenters. The number of hydrogen-bond donors (Lipinski definition) is 0. The SMILES string of the molecule is C#CCC1CC2(CCC1(C#CCCCCCC#C[Si](C)(C)C)OC(C)=O)OCCO2. The maximum Gasteiger partial charge on any atom is 0.304 e. The molecule has 2 fully saturated rings. The van der Waals surface area contributed by atoms with Crippen LogP contribution in [-0.2, 0) is 19.0 Å². The smallest absolute Gasteiger partial charge is 0.304 e. The van der Waals surface area contributed by atoms with Gasteiger partial charge in [0.25, 0.3) is 0 Å². The number of terminal acetylenes is 1. The molecule has 0 amide bonds. The number of unbranched alkanes of at least 4 members (excludes halogenated alkanes) is 4. The largest absolute Gasteiger partial charge is 0.446 e. The van der Waals surface area contributed by atoms with Crippen molar-refractivity contribution < 1.29 is 19.0 Å². The van der Waals surface area contributed by atoms with Gasteiger partial charge in [-0.2, -0.15) is 0 Å². The van der Waals surface area contributed by atoms with Gasteiger partial charge in [0.05, 0.1) is 13.2 Å². The predicted octanol–water partition coefficient (Wildman–Crippen LogP) is 4.69. The molecule has 5 heteroatoms. The van der Waals surface area contributed by atoms with E-state index in [0.29, 0.717) is 38.9 Å². The third-order valence-corrected chi connectivity index (χ3v) is 6.39. The summed E-state index contributed by atoms with van der Waals surface area (Å²) in [5.74, 6) is 11.6. The van der Waals surface area contributed by atoms with Gasteiger partial charge in [-0.1, -0.05) is 37.9 Å². The minimum absolute atomic E-state index is 0.0948. The standard InChI is InChI=1S/C25H36O4Si/c1-6-14-23-21-25(27-18-19-28-25)17-16-24(23,29-22(2)26)15-12-10-8-7-9-11-13-20-30(3,4)5/h1,23H,7-11,14,16-19,21H2,2-5H3. The molecule has 0 aromatic carbocycles. The molecule has 2 rings (SSSR count). The summed E-state index contributed by atoms with van der Waals surface area (Å²) in [6, 6.07) is 0. The van der Waals surface area contributed by atoms with Gasteiger partial charge in [-0.3, -0.25) is 4.79 Å². The lowest BCUT2D eigenvalue weighted by atomic mass is 9.71. The third-order valence-electron chi connectivity index (χ3n) is 5.46. The molecule has 1 aliphatic heterocycles. The molecule has 2 atom stereocenters. The van der Waals surface area contributed by atoms with Gasteiger partial charge >= 0.3 is 5.97 Å². The van der Waals surface area contributed by atoms with Gasteiger partial charge in [0, 0.05) is 51.4 Å². The molecule has 1 saturated carbocycles. The fourth-order valence-corrected chi connectivity index (χ4v) is 4.74. The van der Waals surface area contributed by atoms with Gasteiger partial charge in [-0.15, -0.1) is 23.8 Å². The van der Waals surface area contributed by atoms with E-state index < -0.39 is 19.5 Å². The van der Waals surface area contributed by atoms with Crippen molar-refractivity contribution in [3.63, 3.8) is 0 Å². The third kappa shape index (κ3) is 7.52. The van der Waals surface area contributed by atoms with E-state index in [1.165, 1.54) is 6.92 Å². The number of rotatable bonds is 6. The van der Waals surface area contributed by atoms with Gasteiger partial charge in [0.15, 0.2) is 11.4 Å². The average Bonchev–Trinajstić information content (AvgIpc) is 3.10. The monoisotopic (exact) mass is 428 g/mol. The van der Waals surface area contributed by atoms with Crippen LogP contribution in [-0.4, -0.2) is 38.6 Å². The molecular formula is C25H36O4Si. The van der Waals surface area contributed by atoms with Crippen LogP contribution in [0, 0.1) is 41.6 Å². The molecular weight excluding hydrogens is 392 g/mol. The minimum Gasteiger partial charge on any atom is -0.446 e. The highest BCUT2D eigenvalue weighted by Gasteiger charge is 2.53. The lowest BCUT2D eigenvalue weighted by molar-refractivity contribution is -0.219. The van der Waals surface area contributed by atoms with Crippen molar-refractivity contribution in [2.75, 3.05) is 13.2 Å². The Bertz CT molecular complexity index is 746. The van der Waals surface area contributed by atoms with Crippen LogP contribution in [0.25, 0.3) is 0 Å². The van der Waals surface area contributed by atoms with E-state index in [0.717, 1.165) is 32.1 Å². The summed E-state index contributed by atoms with van der Waals surface area (Å²) < 4.78 is 17.6. The van der Waals surface area contributed by atoms with E-state index in [4.69, 9.17) is 20.6 Å². The number of esters is 1. The summed E-state index contributed by atoms with van der Waals surface area (Å²) in [6.45, 7) is 9.42. The Labute approximate surface area is 183 Å². The normalized spacial score (nSPS) is 24.8. The first kappa shape index (κ1) is 24.6. The molecule has 0 aromatic rings. The number of hydrogen-bond acceptors (Lipinski definition) is 4. The quantitative estimate of drug-likeness (QED) is 0.266. The lowest BCUT2D eigenvalue weighted by Crippen LogP contribution is -2.51. The minimum atomic E-state index is -1.26. The molecule has 30 heavy (non-hydrogen) atoms. The Kier molecular flexibility index (Phi) is 9.05. The second-order valence-electron chi connectivity index (χ2n) is 9.31. The molecule has 1 spiro atoms. The molecule has 2 aliphatic rings. The molecule has 0 bridgehead atoms. The van der Waals surface area contributed by atoms with Crippen molar-refractivity contribution in [3.8, 4) is 35.6 Å². The zero-order valence-electron chi connectivity index (χ0n) is 19.1. The first-order chi connectivity index (χ1) is 14.2. The molecule has 1 saturated heterocycles. The highest BCUT2D eigenvalue weighted by atomic mass is 28.3. The van der Waals surface area contributed by atoms with Crippen LogP contribution >= 0.6 is 0 Å². The van der Waals surface area contributed by atoms with Crippen LogP contribution in [0.3, 0.4) is 0 Å². The topological polar surface area (TPSA) is 44.8 Å². The van der Waals surface area contributed by atoms with Crippen LogP contribution in [0.5, 0.6) is 0 Å². The maximum atomic E-state index is 11.9. The molecule has 164 valence electrons. The van der Waals surface area contributed by atoms with Gasteiger partial charge in [0.2, 0.25) is 0 Å². The Morgan fingerprint density at radius 2 is 1.77 bits per heavy atom. The zero-order chi connectivity index (χ0) is 22.1. The average molecular weight is 429 g/mol. The number of carbonyl (C=O) groups is 1. The van der Waals surface area contributed by atoms with Gasteiger partial charge in [0.1, 0.15) is 8.07 Å². The summed E-state index contributed by atoms with van der Waals surface area (Å²) >= 11 is 0. The molecule has 0 N–H and O–H groups in total. The van der Waals surface area contributed by atoms with Gasteiger partial charge in [-0.25, -0.2) is 0 Å². The summed E-state index contributed by atoms with van der Waals surface area (Å²) in [7, 11) is -1.26. The molecule has 0 radical (unpaired) electrons. The van der Waals surface area contributed by atoms with E-state index in [2.05, 4.69) is 48.9 Å². The van der Waals surface area contributed by atoms with Crippen molar-refractivity contribution in [2.24, 2.45) is 5.92 Å². The van der Waals surface area contributed by atoms with Crippen molar-refractivity contribution in [3.05, 3.63) is 0 Å². The van der Waals surface area contributed by atoms with E-state index in [1.54, 1.807) is 0 Å². The first-order valence-electron chi connectivity index (χ1n) is 11.1. The Hall–Kier alpha value is -1.71. The van der Waals surface area contributed by atoms with Crippen molar-refractivity contribution in [1.82, 2.24) is 0 Å². The Balaban J connectivity index is 1.95. The first-order valence-corrected chi connectivity index (χ1v) is 14.6. The number of ether oxygens (including phenoxy) is 3. The van der Waals surface area contributed by atoms with Crippen LogP contribution in [0.4, 0.5) is 0 Å². The van der Waals surface area contributed by atoms with Crippen LogP contribution < -0.4 is 0 Å². The van der Waals surface area contributed by atoms with Gasteiger partial charge in [-0.05, 0) is 12.8 Å². The molecule has 0 aromatic heterocycles. The zero-order valence-corrected chi connectivity index (χ0v) is 20.1. The second-order valence-corrected chi connectivity index (χ2v) is 14.1. The predicted molar refractivity (Wildman–Crippen MR) is 122 cm³/mol. The van der Waals surface area contributed by atoms with Crippen molar-refractivity contribution in [1.29, 1.82) is 0 Å². The molecule has 1 aliphatic carbocycles. The van der Waals surface area contributed by atoms with Crippen molar-refractivity contribution in [2.45, 2.75) is 95.7 Å². The summed E-state index contributed by atoms with van der Waals surface area (Å²) in [4.78, 5) is 11.9. The fraction of sp³-hybridized carbons (Fsp3) is 0.720. The van der Waals surface area contributed by atoms with E-state index in [9.17, 15) is 4.79 Å². The lowest BCUT2D eigenvalue weighted by Gasteiger charge is -2.45. The van der Waals surface area contributed by atoms with E-state index in [1.807, 2.05) is 0 Å². The number of carbonyl (C=O) groups excluding carboxylic acids is 1. The maximum absolute atomic E-state index is 11.9. The summed E-state index contributed by atoms with van der Waals surface area (Å²) in [5.41, 5.74) is 2.56. The van der Waals surface area contributed by atoms with Gasteiger partial charge < -0.3 is 14.2 Å². The van der Waals surface area contributed by atoms with Crippen LogP contribution in [0.15, 0.2) is 0 Å². The highest BCUT2D eigenvalue weighted by molar-refractivity contribution is 6.83. The summed E-state index contributed by atoms with van der Waals surface area (Å²) in [6.07, 6.45) is 12.9.